The Bertz CT molecular complexity index is 1310. The van der Waals surface area contributed by atoms with Crippen LogP contribution in [0.25, 0.3) is 26.9 Å². The molecule has 1 fully saturated rings. The number of anilines is 1. The van der Waals surface area contributed by atoms with Crippen LogP contribution in [0.3, 0.4) is 0 Å². The molecule has 0 atom stereocenters. The lowest BCUT2D eigenvalue weighted by Gasteiger charge is -2.33. The second-order valence-electron chi connectivity index (χ2n) is 9.01. The van der Waals surface area contributed by atoms with Crippen molar-refractivity contribution >= 4 is 39.2 Å². The van der Waals surface area contributed by atoms with Crippen molar-refractivity contribution in [1.29, 1.82) is 0 Å². The fourth-order valence-electron chi connectivity index (χ4n) is 4.29. The van der Waals surface area contributed by atoms with E-state index >= 15 is 0 Å². The zero-order chi connectivity index (χ0) is 24.0. The number of rotatable bonds is 7. The third-order valence-electron chi connectivity index (χ3n) is 6.27. The smallest absolute Gasteiger partial charge is 0.238 e. The highest BCUT2D eigenvalue weighted by molar-refractivity contribution is 7.21. The molecule has 3 aromatic carbocycles. The van der Waals surface area contributed by atoms with Gasteiger partial charge in [-0.3, -0.25) is 14.6 Å². The maximum atomic E-state index is 12.6. The number of hydrogen-bond donors (Lipinski definition) is 1. The van der Waals surface area contributed by atoms with E-state index in [1.54, 1.807) is 11.3 Å². The minimum absolute atomic E-state index is 0.0330. The number of nitrogens with zero attached hydrogens (tertiary/aromatic N) is 3. The van der Waals surface area contributed by atoms with E-state index < -0.39 is 0 Å². The first-order valence-corrected chi connectivity index (χ1v) is 12.9. The molecule has 0 bridgehead atoms. The number of hydrogen-bond acceptors (Lipinski definition) is 5. The molecule has 0 aliphatic carbocycles. The first-order chi connectivity index (χ1) is 17.1. The van der Waals surface area contributed by atoms with E-state index in [1.165, 1.54) is 15.8 Å². The van der Waals surface area contributed by atoms with Crippen molar-refractivity contribution in [1.82, 2.24) is 14.8 Å². The Morgan fingerprint density at radius 3 is 2.49 bits per heavy atom. The van der Waals surface area contributed by atoms with Gasteiger partial charge in [-0.05, 0) is 54.4 Å². The molecule has 1 aliphatic rings. The Hall–Kier alpha value is -3.32. The molecule has 0 radical (unpaired) electrons. The molecule has 1 N–H and O–H groups in total. The maximum Gasteiger partial charge on any atom is 0.238 e. The van der Waals surface area contributed by atoms with E-state index in [2.05, 4.69) is 76.7 Å². The first-order valence-electron chi connectivity index (χ1n) is 12.1. The van der Waals surface area contributed by atoms with Crippen LogP contribution < -0.4 is 5.32 Å². The molecule has 178 valence electrons. The standard InChI is InChI=1S/C29H30N4OS/c1-22-9-14-26-27(20-22)35-29(31-26)24-10-12-25(13-11-24)30-28(34)21-33-18-16-32(17-19-33)15-5-8-23-6-3-2-4-7-23/h2-14,20H,15-19,21H2,1H3,(H,30,34)/b8-5+. The van der Waals surface area contributed by atoms with Crippen molar-refractivity contribution in [2.45, 2.75) is 6.92 Å². The molecule has 35 heavy (non-hydrogen) atoms. The molecule has 6 heteroatoms. The number of nitrogens with one attached hydrogen (secondary N) is 1. The zero-order valence-corrected chi connectivity index (χ0v) is 20.8. The number of benzene rings is 3. The molecule has 0 unspecified atom stereocenters. The lowest BCUT2D eigenvalue weighted by molar-refractivity contribution is -0.117. The molecule has 5 nitrogen and oxygen atoms in total. The van der Waals surface area contributed by atoms with Crippen molar-refractivity contribution in [2.75, 3.05) is 44.6 Å². The Labute approximate surface area is 210 Å². The number of thiazole rings is 1. The van der Waals surface area contributed by atoms with E-state index in [-0.39, 0.29) is 5.91 Å². The summed E-state index contributed by atoms with van der Waals surface area (Å²) in [5, 5.41) is 4.04. The quantitative estimate of drug-likeness (QED) is 0.376. The molecule has 5 rings (SSSR count). The minimum atomic E-state index is 0.0330. The van der Waals surface area contributed by atoms with Gasteiger partial charge in [0.05, 0.1) is 16.8 Å². The van der Waals surface area contributed by atoms with Crippen LogP contribution in [0, 0.1) is 6.92 Å². The van der Waals surface area contributed by atoms with Gasteiger partial charge in [-0.25, -0.2) is 4.98 Å². The van der Waals surface area contributed by atoms with Gasteiger partial charge in [0.1, 0.15) is 5.01 Å². The summed E-state index contributed by atoms with van der Waals surface area (Å²) in [6.07, 6.45) is 4.39. The monoisotopic (exact) mass is 482 g/mol. The molecule has 4 aromatic rings. The highest BCUT2D eigenvalue weighted by atomic mass is 32.1. The van der Waals surface area contributed by atoms with Gasteiger partial charge in [-0.1, -0.05) is 48.6 Å². The van der Waals surface area contributed by atoms with Crippen molar-refractivity contribution in [3.8, 4) is 10.6 Å². The summed E-state index contributed by atoms with van der Waals surface area (Å²) in [7, 11) is 0. The largest absolute Gasteiger partial charge is 0.325 e. The van der Waals surface area contributed by atoms with Crippen LogP contribution in [0.5, 0.6) is 0 Å². The maximum absolute atomic E-state index is 12.6. The fourth-order valence-corrected chi connectivity index (χ4v) is 5.36. The highest BCUT2D eigenvalue weighted by Gasteiger charge is 2.18. The highest BCUT2D eigenvalue weighted by Crippen LogP contribution is 2.31. The van der Waals surface area contributed by atoms with Crippen LogP contribution in [-0.4, -0.2) is 60.0 Å². The molecular weight excluding hydrogens is 452 g/mol. The van der Waals surface area contributed by atoms with E-state index in [4.69, 9.17) is 4.98 Å². The Morgan fingerprint density at radius 2 is 1.71 bits per heavy atom. The third kappa shape index (κ3) is 6.22. The average molecular weight is 483 g/mol. The normalized spacial score (nSPS) is 15.1. The summed E-state index contributed by atoms with van der Waals surface area (Å²) >= 11 is 1.70. The van der Waals surface area contributed by atoms with Gasteiger partial charge in [0.25, 0.3) is 0 Å². The van der Waals surface area contributed by atoms with Gasteiger partial charge in [-0.15, -0.1) is 11.3 Å². The minimum Gasteiger partial charge on any atom is -0.325 e. The SMILES string of the molecule is Cc1ccc2nc(-c3ccc(NC(=O)CN4CCN(C/C=C/c5ccccc5)CC4)cc3)sc2c1. The van der Waals surface area contributed by atoms with Crippen LogP contribution in [-0.2, 0) is 4.79 Å². The Kier molecular flexibility index (Phi) is 7.33. The van der Waals surface area contributed by atoms with Crippen LogP contribution >= 0.6 is 11.3 Å². The molecule has 1 aliphatic heterocycles. The van der Waals surface area contributed by atoms with E-state index in [0.29, 0.717) is 6.54 Å². The van der Waals surface area contributed by atoms with Gasteiger partial charge in [0, 0.05) is 44.0 Å². The molecule has 1 amide bonds. The van der Waals surface area contributed by atoms with Crippen LogP contribution in [0.1, 0.15) is 11.1 Å². The number of carbonyl (C=O) groups excluding carboxylic acids is 1. The van der Waals surface area contributed by atoms with Gasteiger partial charge in [0.2, 0.25) is 5.91 Å². The first kappa shape index (κ1) is 23.4. The number of piperazine rings is 1. The van der Waals surface area contributed by atoms with Gasteiger partial charge in [0.15, 0.2) is 0 Å². The third-order valence-corrected chi connectivity index (χ3v) is 7.33. The summed E-state index contributed by atoms with van der Waals surface area (Å²) < 4.78 is 1.20. The zero-order valence-electron chi connectivity index (χ0n) is 20.0. The predicted octanol–water partition coefficient (Wildman–Crippen LogP) is 5.54. The number of aromatic nitrogens is 1. The molecule has 1 aromatic heterocycles. The van der Waals surface area contributed by atoms with Crippen molar-refractivity contribution in [3.63, 3.8) is 0 Å². The molecule has 1 saturated heterocycles. The summed E-state index contributed by atoms with van der Waals surface area (Å²) in [5.41, 5.74) is 5.39. The van der Waals surface area contributed by atoms with E-state index in [1.807, 2.05) is 30.3 Å². The van der Waals surface area contributed by atoms with Gasteiger partial charge >= 0.3 is 0 Å². The van der Waals surface area contributed by atoms with Crippen LogP contribution in [0.4, 0.5) is 5.69 Å². The summed E-state index contributed by atoms with van der Waals surface area (Å²) in [6, 6.07) is 24.7. The van der Waals surface area contributed by atoms with E-state index in [9.17, 15) is 4.79 Å². The Morgan fingerprint density at radius 1 is 0.971 bits per heavy atom. The fraction of sp³-hybridized carbons (Fsp3) is 0.241. The molecular formula is C29H30N4OS. The summed E-state index contributed by atoms with van der Waals surface area (Å²) in [5.74, 6) is 0.0330. The van der Waals surface area contributed by atoms with E-state index in [0.717, 1.165) is 54.5 Å². The van der Waals surface area contributed by atoms with Crippen molar-refractivity contribution < 1.29 is 4.79 Å². The van der Waals surface area contributed by atoms with Crippen LogP contribution in [0.2, 0.25) is 0 Å². The van der Waals surface area contributed by atoms with Crippen molar-refractivity contribution in [2.24, 2.45) is 0 Å². The number of amides is 1. The van der Waals surface area contributed by atoms with Gasteiger partial charge in [-0.2, -0.15) is 0 Å². The predicted molar refractivity (Wildman–Crippen MR) is 147 cm³/mol. The lowest BCUT2D eigenvalue weighted by atomic mass is 10.2. The number of aryl methyl sites for hydroxylation is 1. The summed E-state index contributed by atoms with van der Waals surface area (Å²) in [6.45, 7) is 7.22. The van der Waals surface area contributed by atoms with Crippen molar-refractivity contribution in [3.05, 3.63) is 90.0 Å². The number of fused-ring (bicyclic) bond motifs is 1. The lowest BCUT2D eigenvalue weighted by Crippen LogP contribution is -2.48. The van der Waals surface area contributed by atoms with Gasteiger partial charge < -0.3 is 5.32 Å². The summed E-state index contributed by atoms with van der Waals surface area (Å²) in [4.78, 5) is 22.0. The van der Waals surface area contributed by atoms with Crippen LogP contribution in [0.15, 0.2) is 78.9 Å². The average Bonchev–Trinajstić information content (AvgIpc) is 3.29. The topological polar surface area (TPSA) is 48.5 Å². The molecule has 0 spiro atoms. The Balaban J connectivity index is 1.08. The number of carbonyl (C=O) groups is 1. The molecule has 2 heterocycles. The molecule has 0 saturated carbocycles. The second-order valence-corrected chi connectivity index (χ2v) is 10.0. The second kappa shape index (κ2) is 11.0.